The van der Waals surface area contributed by atoms with Gasteiger partial charge in [0.25, 0.3) is 0 Å². The Balaban J connectivity index is 1.75. The third-order valence-corrected chi connectivity index (χ3v) is 2.55. The van der Waals surface area contributed by atoms with Gasteiger partial charge in [-0.05, 0) is 42.8 Å². The van der Waals surface area contributed by atoms with Crippen molar-refractivity contribution < 1.29 is 8.81 Å². The van der Waals surface area contributed by atoms with Crippen molar-refractivity contribution in [2.24, 2.45) is 0 Å². The molecule has 0 atom stereocenters. The molecule has 0 aliphatic rings. The van der Waals surface area contributed by atoms with Gasteiger partial charge in [0.1, 0.15) is 17.6 Å². The largest absolute Gasteiger partial charge is 0.449 e. The number of nitrogens with zero attached hydrogens (tertiary/aromatic N) is 1. The van der Waals surface area contributed by atoms with Crippen molar-refractivity contribution in [1.82, 2.24) is 5.32 Å². The molecule has 4 heteroatoms. The molecule has 0 bridgehead atoms. The van der Waals surface area contributed by atoms with Gasteiger partial charge in [-0.25, -0.2) is 4.39 Å². The number of rotatable bonds is 5. The van der Waals surface area contributed by atoms with Gasteiger partial charge in [-0.15, -0.1) is 0 Å². The molecule has 2 rings (SSSR count). The van der Waals surface area contributed by atoms with Crippen LogP contribution in [0, 0.1) is 17.1 Å². The zero-order chi connectivity index (χ0) is 12.8. The van der Waals surface area contributed by atoms with E-state index in [1.165, 1.54) is 12.1 Å². The van der Waals surface area contributed by atoms with E-state index in [1.807, 2.05) is 12.1 Å². The van der Waals surface area contributed by atoms with Crippen molar-refractivity contribution in [2.75, 3.05) is 6.54 Å². The minimum atomic E-state index is -0.211. The maximum absolute atomic E-state index is 12.9. The highest BCUT2D eigenvalue weighted by Crippen LogP contribution is 2.06. The number of nitriles is 1. The van der Waals surface area contributed by atoms with Gasteiger partial charge >= 0.3 is 0 Å². The van der Waals surface area contributed by atoms with E-state index in [9.17, 15) is 4.39 Å². The number of furan rings is 1. The summed E-state index contributed by atoms with van der Waals surface area (Å²) in [6.07, 6.45) is 0.754. The van der Waals surface area contributed by atoms with Crippen LogP contribution < -0.4 is 5.32 Å². The van der Waals surface area contributed by atoms with Crippen LogP contribution in [0.25, 0.3) is 0 Å². The number of halogens is 1. The van der Waals surface area contributed by atoms with Crippen molar-refractivity contribution in [3.05, 3.63) is 59.3 Å². The average molecular weight is 244 g/mol. The second-order valence-corrected chi connectivity index (χ2v) is 3.93. The van der Waals surface area contributed by atoms with Gasteiger partial charge in [0.05, 0.1) is 6.54 Å². The van der Waals surface area contributed by atoms with E-state index in [-0.39, 0.29) is 5.82 Å². The molecular formula is C14H13FN2O. The molecule has 0 radical (unpaired) electrons. The summed E-state index contributed by atoms with van der Waals surface area (Å²) >= 11 is 0. The Kier molecular flexibility index (Phi) is 4.11. The fourth-order valence-corrected chi connectivity index (χ4v) is 1.67. The first-order valence-corrected chi connectivity index (χ1v) is 5.72. The maximum Gasteiger partial charge on any atom is 0.203 e. The van der Waals surface area contributed by atoms with Crippen LogP contribution >= 0.6 is 0 Å². The quantitative estimate of drug-likeness (QED) is 0.822. The molecule has 1 N–H and O–H groups in total. The molecular weight excluding hydrogens is 231 g/mol. The summed E-state index contributed by atoms with van der Waals surface area (Å²) in [5.74, 6) is 0.833. The molecule has 1 aromatic heterocycles. The normalized spacial score (nSPS) is 10.2. The number of hydrogen-bond donors (Lipinski definition) is 1. The van der Waals surface area contributed by atoms with E-state index >= 15 is 0 Å². The Morgan fingerprint density at radius 3 is 2.89 bits per heavy atom. The lowest BCUT2D eigenvalue weighted by Gasteiger charge is -2.03. The van der Waals surface area contributed by atoms with Crippen molar-refractivity contribution in [2.45, 2.75) is 13.0 Å². The highest BCUT2D eigenvalue weighted by Gasteiger charge is 2.00. The molecule has 0 spiro atoms. The Hall–Kier alpha value is -2.12. The van der Waals surface area contributed by atoms with Crippen molar-refractivity contribution in [3.63, 3.8) is 0 Å². The topological polar surface area (TPSA) is 49.0 Å². The standard InChI is InChI=1S/C14H13FN2O/c15-12-3-1-2-11(8-12)6-7-17-10-14-5-4-13(9-16)18-14/h1-5,8,17H,6-7,10H2. The van der Waals surface area contributed by atoms with Gasteiger partial charge in [-0.1, -0.05) is 12.1 Å². The summed E-state index contributed by atoms with van der Waals surface area (Å²) in [4.78, 5) is 0. The lowest BCUT2D eigenvalue weighted by atomic mass is 10.1. The second kappa shape index (κ2) is 5.99. The first-order valence-electron chi connectivity index (χ1n) is 5.72. The van der Waals surface area contributed by atoms with Gasteiger partial charge in [0.2, 0.25) is 5.76 Å². The summed E-state index contributed by atoms with van der Waals surface area (Å²) in [6.45, 7) is 1.29. The van der Waals surface area contributed by atoms with Crippen molar-refractivity contribution in [3.8, 4) is 6.07 Å². The zero-order valence-electron chi connectivity index (χ0n) is 9.82. The minimum absolute atomic E-state index is 0.211. The summed E-state index contributed by atoms with van der Waals surface area (Å²) in [6, 6.07) is 11.9. The molecule has 1 heterocycles. The maximum atomic E-state index is 12.9. The lowest BCUT2D eigenvalue weighted by Crippen LogP contribution is -2.16. The third kappa shape index (κ3) is 3.44. The molecule has 0 saturated carbocycles. The third-order valence-electron chi connectivity index (χ3n) is 2.55. The van der Waals surface area contributed by atoms with E-state index in [0.717, 1.165) is 24.3 Å². The molecule has 18 heavy (non-hydrogen) atoms. The fraction of sp³-hybridized carbons (Fsp3) is 0.214. The molecule has 0 fully saturated rings. The van der Waals surface area contributed by atoms with Gasteiger partial charge < -0.3 is 9.73 Å². The molecule has 92 valence electrons. The SMILES string of the molecule is N#Cc1ccc(CNCCc2cccc(F)c2)o1. The Morgan fingerprint density at radius 1 is 1.28 bits per heavy atom. The molecule has 0 amide bonds. The summed E-state index contributed by atoms with van der Waals surface area (Å²) < 4.78 is 18.1. The zero-order valence-corrected chi connectivity index (χ0v) is 9.82. The van der Waals surface area contributed by atoms with Gasteiger partial charge in [-0.3, -0.25) is 0 Å². The Morgan fingerprint density at radius 2 is 2.17 bits per heavy atom. The van der Waals surface area contributed by atoms with Crippen LogP contribution in [-0.4, -0.2) is 6.54 Å². The highest BCUT2D eigenvalue weighted by atomic mass is 19.1. The molecule has 0 unspecified atom stereocenters. The molecule has 0 aliphatic carbocycles. The van der Waals surface area contributed by atoms with E-state index in [1.54, 1.807) is 18.2 Å². The molecule has 3 nitrogen and oxygen atoms in total. The van der Waals surface area contributed by atoms with Gasteiger partial charge in [-0.2, -0.15) is 5.26 Å². The minimum Gasteiger partial charge on any atom is -0.449 e. The summed E-state index contributed by atoms with van der Waals surface area (Å²) in [7, 11) is 0. The predicted molar refractivity (Wildman–Crippen MR) is 65.2 cm³/mol. The van der Waals surface area contributed by atoms with Gasteiger partial charge in [0.15, 0.2) is 0 Å². The fourth-order valence-electron chi connectivity index (χ4n) is 1.67. The molecule has 2 aromatic rings. The average Bonchev–Trinajstić information content (AvgIpc) is 2.83. The first kappa shape index (κ1) is 12.3. The first-order chi connectivity index (χ1) is 8.78. The van der Waals surface area contributed by atoms with Crippen LogP contribution in [0.4, 0.5) is 4.39 Å². The summed E-state index contributed by atoms with van der Waals surface area (Å²) in [5.41, 5.74) is 0.958. The molecule has 0 saturated heterocycles. The molecule has 0 aliphatic heterocycles. The van der Waals surface area contributed by atoms with Crippen LogP contribution in [-0.2, 0) is 13.0 Å². The van der Waals surface area contributed by atoms with Crippen molar-refractivity contribution >= 4 is 0 Å². The van der Waals surface area contributed by atoms with E-state index in [0.29, 0.717) is 12.3 Å². The predicted octanol–water partition coefficient (Wildman–Crippen LogP) is 2.62. The number of nitrogens with one attached hydrogen (secondary N) is 1. The van der Waals surface area contributed by atoms with Crippen molar-refractivity contribution in [1.29, 1.82) is 5.26 Å². The van der Waals surface area contributed by atoms with E-state index in [2.05, 4.69) is 5.32 Å². The van der Waals surface area contributed by atoms with Crippen LogP contribution in [0.2, 0.25) is 0 Å². The number of hydrogen-bond acceptors (Lipinski definition) is 3. The van der Waals surface area contributed by atoms with Crippen LogP contribution in [0.15, 0.2) is 40.8 Å². The highest BCUT2D eigenvalue weighted by molar-refractivity contribution is 5.19. The van der Waals surface area contributed by atoms with E-state index < -0.39 is 0 Å². The Labute approximate surface area is 105 Å². The molecule has 1 aromatic carbocycles. The smallest absolute Gasteiger partial charge is 0.203 e. The lowest BCUT2D eigenvalue weighted by molar-refractivity contribution is 0.475. The Bertz CT molecular complexity index is 557. The second-order valence-electron chi connectivity index (χ2n) is 3.93. The monoisotopic (exact) mass is 244 g/mol. The van der Waals surface area contributed by atoms with Gasteiger partial charge in [0, 0.05) is 0 Å². The van der Waals surface area contributed by atoms with Crippen LogP contribution in [0.3, 0.4) is 0 Å². The van der Waals surface area contributed by atoms with Crippen LogP contribution in [0.5, 0.6) is 0 Å². The number of benzene rings is 1. The van der Waals surface area contributed by atoms with Crippen LogP contribution in [0.1, 0.15) is 17.1 Å². The summed E-state index contributed by atoms with van der Waals surface area (Å²) in [5, 5.41) is 11.8. The van der Waals surface area contributed by atoms with E-state index in [4.69, 9.17) is 9.68 Å².